The Morgan fingerprint density at radius 1 is 0.806 bits per heavy atom. The highest BCUT2D eigenvalue weighted by atomic mass is 35.5. The lowest BCUT2D eigenvalue weighted by Gasteiger charge is -2.09. The smallest absolute Gasteiger partial charge is 0.319 e. The molecule has 6 N–H and O–H groups in total. The summed E-state index contributed by atoms with van der Waals surface area (Å²) >= 11 is 11.4. The van der Waals surface area contributed by atoms with Gasteiger partial charge in [0, 0.05) is 13.1 Å². The van der Waals surface area contributed by atoms with Crippen LogP contribution >= 0.6 is 23.2 Å². The number of phenols is 2. The molecular formula is C24H32Cl2N4O6. The first kappa shape index (κ1) is 30.7. The topological polar surface area (TPSA) is 149 Å². The molecular weight excluding hydrogens is 511 g/mol. The number of anilines is 2. The molecule has 0 heterocycles. The van der Waals surface area contributed by atoms with Crippen molar-refractivity contribution < 1.29 is 29.3 Å². The predicted octanol–water partition coefficient (Wildman–Crippen LogP) is 5.48. The lowest BCUT2D eigenvalue weighted by molar-refractivity contribution is -0.142. The molecule has 0 aromatic heterocycles. The molecule has 2 rings (SSSR count). The summed E-state index contributed by atoms with van der Waals surface area (Å²) in [4.78, 5) is 34.0. The van der Waals surface area contributed by atoms with Gasteiger partial charge in [-0.15, -0.1) is 0 Å². The number of rotatable bonds is 10. The van der Waals surface area contributed by atoms with Gasteiger partial charge in [-0.25, -0.2) is 9.59 Å². The van der Waals surface area contributed by atoms with Gasteiger partial charge in [-0.1, -0.05) is 55.1 Å². The molecule has 10 nitrogen and oxygen atoms in total. The highest BCUT2D eigenvalue weighted by Gasteiger charge is 2.10. The van der Waals surface area contributed by atoms with Crippen LogP contribution in [0.25, 0.3) is 0 Å². The summed E-state index contributed by atoms with van der Waals surface area (Å²) in [5.74, 6) is -0.698. The van der Waals surface area contributed by atoms with Crippen molar-refractivity contribution in [2.24, 2.45) is 0 Å². The van der Waals surface area contributed by atoms with Gasteiger partial charge in [0.15, 0.2) is 11.5 Å². The molecule has 0 aliphatic heterocycles. The Labute approximate surface area is 220 Å². The summed E-state index contributed by atoms with van der Waals surface area (Å²) in [6.07, 6.45) is 3.23. The number of unbranched alkanes of at least 4 members (excludes halogenated alkanes) is 2. The molecule has 0 radical (unpaired) electrons. The van der Waals surface area contributed by atoms with Crippen molar-refractivity contribution in [2.45, 2.75) is 39.5 Å². The van der Waals surface area contributed by atoms with Crippen molar-refractivity contribution in [2.75, 3.05) is 30.3 Å². The van der Waals surface area contributed by atoms with Crippen LogP contribution in [0.4, 0.5) is 21.0 Å². The van der Waals surface area contributed by atoms with E-state index in [1.165, 1.54) is 12.1 Å². The molecule has 0 saturated heterocycles. The second-order valence-corrected chi connectivity index (χ2v) is 8.11. The number of halogens is 2. The van der Waals surface area contributed by atoms with Gasteiger partial charge in [-0.2, -0.15) is 0 Å². The summed E-state index contributed by atoms with van der Waals surface area (Å²) < 4.78 is 4.71. The van der Waals surface area contributed by atoms with E-state index in [0.29, 0.717) is 18.8 Å². The molecule has 0 unspecified atom stereocenters. The lowest BCUT2D eigenvalue weighted by atomic mass is 10.2. The fourth-order valence-corrected chi connectivity index (χ4v) is 3.00. The van der Waals surface area contributed by atoms with Crippen LogP contribution in [-0.2, 0) is 9.53 Å². The number of nitrogens with one attached hydrogen (secondary N) is 4. The van der Waals surface area contributed by atoms with Crippen LogP contribution in [0.15, 0.2) is 36.4 Å². The van der Waals surface area contributed by atoms with E-state index in [0.717, 1.165) is 19.3 Å². The Hall–Kier alpha value is -3.37. The van der Waals surface area contributed by atoms with E-state index >= 15 is 0 Å². The Balaban J connectivity index is 0.000000362. The third-order valence-electron chi connectivity index (χ3n) is 4.46. The summed E-state index contributed by atoms with van der Waals surface area (Å²) in [7, 11) is 0. The number of phenolic OH excluding ortho intramolecular Hbond substituents is 2. The highest BCUT2D eigenvalue weighted by Crippen LogP contribution is 2.31. The zero-order valence-corrected chi connectivity index (χ0v) is 21.7. The number of hydrogen-bond acceptors (Lipinski definition) is 6. The number of benzene rings is 2. The van der Waals surface area contributed by atoms with Crippen LogP contribution in [-0.4, -0.2) is 47.9 Å². The van der Waals surface area contributed by atoms with Crippen molar-refractivity contribution in [3.63, 3.8) is 0 Å². The SMILES string of the molecule is CCCCCNC(=O)Nc1cccc(Cl)c1O.CCOC(=O)CCNC(=O)Nc1cccc(Cl)c1O. The van der Waals surface area contributed by atoms with Crippen LogP contribution in [0, 0.1) is 0 Å². The molecule has 0 atom stereocenters. The minimum atomic E-state index is -0.540. The minimum Gasteiger partial charge on any atom is -0.504 e. The highest BCUT2D eigenvalue weighted by molar-refractivity contribution is 6.33. The zero-order valence-electron chi connectivity index (χ0n) is 20.2. The largest absolute Gasteiger partial charge is 0.504 e. The molecule has 0 bridgehead atoms. The third-order valence-corrected chi connectivity index (χ3v) is 5.07. The van der Waals surface area contributed by atoms with E-state index in [2.05, 4.69) is 28.2 Å². The second kappa shape index (κ2) is 17.1. The average Bonchev–Trinajstić information content (AvgIpc) is 2.83. The molecule has 0 spiro atoms. The van der Waals surface area contributed by atoms with Gasteiger partial charge < -0.3 is 36.2 Å². The summed E-state index contributed by atoms with van der Waals surface area (Å²) in [5.41, 5.74) is 0.506. The Morgan fingerprint density at radius 3 is 1.78 bits per heavy atom. The molecule has 0 saturated carbocycles. The predicted molar refractivity (Wildman–Crippen MR) is 141 cm³/mol. The molecule has 198 valence electrons. The van der Waals surface area contributed by atoms with Crippen molar-refractivity contribution in [1.82, 2.24) is 10.6 Å². The first-order valence-corrected chi connectivity index (χ1v) is 12.1. The molecule has 0 fully saturated rings. The Kier molecular flexibility index (Phi) is 14.6. The molecule has 0 aliphatic rings. The van der Waals surface area contributed by atoms with Gasteiger partial charge in [-0.3, -0.25) is 4.79 Å². The van der Waals surface area contributed by atoms with Gasteiger partial charge in [0.1, 0.15) is 0 Å². The molecule has 12 heteroatoms. The van der Waals surface area contributed by atoms with Crippen LogP contribution in [0.1, 0.15) is 39.5 Å². The zero-order chi connectivity index (χ0) is 26.9. The maximum Gasteiger partial charge on any atom is 0.319 e. The maximum absolute atomic E-state index is 11.5. The van der Waals surface area contributed by atoms with Crippen molar-refractivity contribution in [3.05, 3.63) is 46.4 Å². The number of carbonyl (C=O) groups is 3. The van der Waals surface area contributed by atoms with E-state index in [4.69, 9.17) is 27.9 Å². The molecule has 4 amide bonds. The normalized spacial score (nSPS) is 9.89. The van der Waals surface area contributed by atoms with Crippen LogP contribution in [0.3, 0.4) is 0 Å². The monoisotopic (exact) mass is 542 g/mol. The Bertz CT molecular complexity index is 1010. The molecule has 36 heavy (non-hydrogen) atoms. The fraction of sp³-hybridized carbons (Fsp3) is 0.375. The first-order valence-electron chi connectivity index (χ1n) is 11.4. The molecule has 2 aromatic rings. The van der Waals surface area contributed by atoms with Crippen molar-refractivity contribution >= 4 is 52.6 Å². The van der Waals surface area contributed by atoms with Gasteiger partial charge >= 0.3 is 18.0 Å². The number of esters is 1. The first-order chi connectivity index (χ1) is 17.2. The number of aromatic hydroxyl groups is 2. The summed E-state index contributed by atoms with van der Waals surface area (Å²) in [6, 6.07) is 8.53. The van der Waals surface area contributed by atoms with E-state index in [9.17, 15) is 24.6 Å². The number of hydrogen-bond donors (Lipinski definition) is 6. The summed E-state index contributed by atoms with van der Waals surface area (Å²) in [6.45, 7) is 4.89. The van der Waals surface area contributed by atoms with E-state index in [-0.39, 0.29) is 52.2 Å². The molecule has 0 aliphatic carbocycles. The number of para-hydroxylation sites is 2. The van der Waals surface area contributed by atoms with Gasteiger partial charge in [0.05, 0.1) is 34.4 Å². The standard InChI is InChI=1S/C12H15ClN2O4.C12H17ClN2O2/c1-2-19-10(16)6-7-14-12(18)15-9-5-3-4-8(13)11(9)17;1-2-3-4-8-14-12(17)15-10-7-5-6-9(13)11(10)16/h3-5,17H,2,6-7H2,1H3,(H2,14,15,18);5-7,16H,2-4,8H2,1H3,(H2,14,15,17). The van der Waals surface area contributed by atoms with Gasteiger partial charge in [-0.05, 0) is 37.6 Å². The van der Waals surface area contributed by atoms with E-state index in [1.54, 1.807) is 31.2 Å². The van der Waals surface area contributed by atoms with Crippen LogP contribution < -0.4 is 21.3 Å². The lowest BCUT2D eigenvalue weighted by Crippen LogP contribution is -2.30. The van der Waals surface area contributed by atoms with Crippen LogP contribution in [0.5, 0.6) is 11.5 Å². The third kappa shape index (κ3) is 11.9. The average molecular weight is 543 g/mol. The van der Waals surface area contributed by atoms with E-state index in [1.807, 2.05) is 0 Å². The van der Waals surface area contributed by atoms with Gasteiger partial charge in [0.25, 0.3) is 0 Å². The quantitative estimate of drug-likeness (QED) is 0.133. The second-order valence-electron chi connectivity index (χ2n) is 7.30. The number of urea groups is 2. The number of amides is 4. The number of carbonyl (C=O) groups excluding carboxylic acids is 3. The fourth-order valence-electron chi connectivity index (χ4n) is 2.65. The number of ether oxygens (including phenoxy) is 1. The van der Waals surface area contributed by atoms with Crippen LogP contribution in [0.2, 0.25) is 10.0 Å². The van der Waals surface area contributed by atoms with Crippen molar-refractivity contribution in [3.8, 4) is 11.5 Å². The maximum atomic E-state index is 11.5. The van der Waals surface area contributed by atoms with Crippen molar-refractivity contribution in [1.29, 1.82) is 0 Å². The Morgan fingerprint density at radius 2 is 1.31 bits per heavy atom. The minimum absolute atomic E-state index is 0.0861. The summed E-state index contributed by atoms with van der Waals surface area (Å²) in [5, 5.41) is 29.7. The van der Waals surface area contributed by atoms with E-state index < -0.39 is 6.03 Å². The molecule has 2 aromatic carbocycles. The van der Waals surface area contributed by atoms with Gasteiger partial charge in [0.2, 0.25) is 0 Å².